The van der Waals surface area contributed by atoms with Gasteiger partial charge in [0.1, 0.15) is 5.75 Å². The van der Waals surface area contributed by atoms with Crippen LogP contribution in [0.1, 0.15) is 39.3 Å². The second kappa shape index (κ2) is 11.3. The number of hydrogen-bond donors (Lipinski definition) is 2. The second-order valence-corrected chi connectivity index (χ2v) is 10.0. The quantitative estimate of drug-likeness (QED) is 0.418. The van der Waals surface area contributed by atoms with E-state index in [4.69, 9.17) is 4.74 Å². The molecule has 3 rings (SSSR count). The molecule has 0 saturated heterocycles. The highest BCUT2D eigenvalue weighted by Gasteiger charge is 2.29. The SMILES string of the molecule is CCCC(C)N(CCc1[nH]c(NC(C)=O)nc1-c1ccc(OC)cc1)S(=O)(=O)c1ccccc1. The first-order chi connectivity index (χ1) is 16.3. The molecule has 0 aliphatic heterocycles. The topological polar surface area (TPSA) is 104 Å². The summed E-state index contributed by atoms with van der Waals surface area (Å²) in [6.07, 6.45) is 2.02. The van der Waals surface area contributed by atoms with Gasteiger partial charge in [-0.3, -0.25) is 10.1 Å². The first-order valence-corrected chi connectivity index (χ1v) is 12.8. The fourth-order valence-corrected chi connectivity index (χ4v) is 5.58. The van der Waals surface area contributed by atoms with Crippen LogP contribution in [0.15, 0.2) is 59.5 Å². The summed E-state index contributed by atoms with van der Waals surface area (Å²) in [5.74, 6) is 0.801. The Kier molecular flexibility index (Phi) is 8.46. The number of nitrogens with one attached hydrogen (secondary N) is 2. The Morgan fingerprint density at radius 2 is 1.82 bits per heavy atom. The van der Waals surface area contributed by atoms with E-state index in [0.29, 0.717) is 18.1 Å². The number of amides is 1. The summed E-state index contributed by atoms with van der Waals surface area (Å²) >= 11 is 0. The predicted octanol–water partition coefficient (Wildman–Crippen LogP) is 4.47. The van der Waals surface area contributed by atoms with Crippen LogP contribution < -0.4 is 10.1 Å². The summed E-state index contributed by atoms with van der Waals surface area (Å²) in [6, 6.07) is 15.8. The Morgan fingerprint density at radius 3 is 2.41 bits per heavy atom. The molecule has 2 aromatic carbocycles. The monoisotopic (exact) mass is 484 g/mol. The van der Waals surface area contributed by atoms with Gasteiger partial charge in [0.15, 0.2) is 0 Å². The van der Waals surface area contributed by atoms with Crippen molar-refractivity contribution in [2.24, 2.45) is 0 Å². The fraction of sp³-hybridized carbons (Fsp3) is 0.360. The number of benzene rings is 2. The number of carbonyl (C=O) groups excluding carboxylic acids is 1. The molecule has 0 bridgehead atoms. The van der Waals surface area contributed by atoms with Crippen molar-refractivity contribution in [2.75, 3.05) is 19.0 Å². The van der Waals surface area contributed by atoms with Gasteiger partial charge in [-0.05, 0) is 49.7 Å². The van der Waals surface area contributed by atoms with E-state index >= 15 is 0 Å². The van der Waals surface area contributed by atoms with Gasteiger partial charge in [-0.25, -0.2) is 13.4 Å². The van der Waals surface area contributed by atoms with Crippen LogP contribution in [0.5, 0.6) is 5.75 Å². The molecule has 34 heavy (non-hydrogen) atoms. The summed E-state index contributed by atoms with van der Waals surface area (Å²) < 4.78 is 33.8. The third-order valence-corrected chi connectivity index (χ3v) is 7.59. The van der Waals surface area contributed by atoms with Crippen molar-refractivity contribution in [3.8, 4) is 17.0 Å². The minimum Gasteiger partial charge on any atom is -0.497 e. The van der Waals surface area contributed by atoms with Crippen LogP contribution in [0.3, 0.4) is 0 Å². The molecule has 0 fully saturated rings. The van der Waals surface area contributed by atoms with Crippen LogP contribution in [-0.4, -0.2) is 48.3 Å². The van der Waals surface area contributed by atoms with E-state index in [-0.39, 0.29) is 23.4 Å². The van der Waals surface area contributed by atoms with Crippen molar-refractivity contribution in [1.82, 2.24) is 14.3 Å². The minimum atomic E-state index is -3.68. The van der Waals surface area contributed by atoms with Gasteiger partial charge in [-0.2, -0.15) is 4.31 Å². The van der Waals surface area contributed by atoms with Crippen molar-refractivity contribution >= 4 is 21.9 Å². The van der Waals surface area contributed by atoms with Crippen molar-refractivity contribution in [1.29, 1.82) is 0 Å². The molecule has 0 spiro atoms. The number of imidazole rings is 1. The highest BCUT2D eigenvalue weighted by Crippen LogP contribution is 2.27. The fourth-order valence-electron chi connectivity index (χ4n) is 3.89. The number of carbonyl (C=O) groups is 1. The average molecular weight is 485 g/mol. The zero-order valence-corrected chi connectivity index (χ0v) is 20.9. The molecule has 1 heterocycles. The molecular weight excluding hydrogens is 452 g/mol. The molecule has 1 amide bonds. The van der Waals surface area contributed by atoms with Gasteiger partial charge in [0.25, 0.3) is 0 Å². The maximum absolute atomic E-state index is 13.5. The molecule has 8 nitrogen and oxygen atoms in total. The Balaban J connectivity index is 1.94. The van der Waals surface area contributed by atoms with Gasteiger partial charge >= 0.3 is 0 Å². The van der Waals surface area contributed by atoms with Gasteiger partial charge in [0.05, 0.1) is 17.7 Å². The van der Waals surface area contributed by atoms with Crippen LogP contribution >= 0.6 is 0 Å². The van der Waals surface area contributed by atoms with E-state index in [9.17, 15) is 13.2 Å². The summed E-state index contributed by atoms with van der Waals surface area (Å²) in [6.45, 7) is 5.66. The number of ether oxygens (including phenoxy) is 1. The van der Waals surface area contributed by atoms with E-state index in [1.54, 1.807) is 41.7 Å². The first-order valence-electron chi connectivity index (χ1n) is 11.3. The van der Waals surface area contributed by atoms with Gasteiger partial charge in [-0.1, -0.05) is 31.5 Å². The zero-order chi connectivity index (χ0) is 24.7. The second-order valence-electron chi connectivity index (χ2n) is 8.14. The van der Waals surface area contributed by atoms with Crippen molar-refractivity contribution in [2.45, 2.75) is 51.0 Å². The summed E-state index contributed by atoms with van der Waals surface area (Å²) in [7, 11) is -2.08. The van der Waals surface area contributed by atoms with Crippen molar-refractivity contribution in [3.63, 3.8) is 0 Å². The summed E-state index contributed by atoms with van der Waals surface area (Å²) in [5, 5.41) is 2.68. The normalized spacial score (nSPS) is 12.5. The highest BCUT2D eigenvalue weighted by atomic mass is 32.2. The van der Waals surface area contributed by atoms with Crippen LogP contribution in [0.4, 0.5) is 5.95 Å². The lowest BCUT2D eigenvalue weighted by Gasteiger charge is -2.28. The van der Waals surface area contributed by atoms with Gasteiger partial charge in [-0.15, -0.1) is 0 Å². The molecular formula is C25H32N4O4S. The van der Waals surface area contributed by atoms with E-state index in [1.807, 2.05) is 38.1 Å². The molecule has 2 N–H and O–H groups in total. The molecule has 0 aliphatic rings. The molecule has 0 aliphatic carbocycles. The Morgan fingerprint density at radius 1 is 1.15 bits per heavy atom. The molecule has 1 aromatic heterocycles. The Hall–Kier alpha value is -3.17. The van der Waals surface area contributed by atoms with Crippen LogP contribution in [0, 0.1) is 0 Å². The number of sulfonamides is 1. The maximum atomic E-state index is 13.5. The third kappa shape index (κ3) is 6.03. The predicted molar refractivity (Wildman–Crippen MR) is 133 cm³/mol. The lowest BCUT2D eigenvalue weighted by Crippen LogP contribution is -2.40. The lowest BCUT2D eigenvalue weighted by atomic mass is 10.1. The standard InChI is InChI=1S/C25H32N4O4S/c1-5-9-18(2)29(34(31,32)22-10-7-6-8-11-22)17-16-23-24(28-25(27-23)26-19(3)30)20-12-14-21(33-4)15-13-20/h6-8,10-15,18H,5,9,16-17H2,1-4H3,(H2,26,27,28,30). The van der Waals surface area contributed by atoms with E-state index in [2.05, 4.69) is 15.3 Å². The zero-order valence-electron chi connectivity index (χ0n) is 20.0. The maximum Gasteiger partial charge on any atom is 0.243 e. The largest absolute Gasteiger partial charge is 0.497 e. The number of aromatic amines is 1. The van der Waals surface area contributed by atoms with Crippen LogP contribution in [0.25, 0.3) is 11.3 Å². The number of rotatable bonds is 11. The number of aromatic nitrogens is 2. The van der Waals surface area contributed by atoms with Crippen molar-refractivity contribution in [3.05, 3.63) is 60.3 Å². The number of H-pyrrole nitrogens is 1. The molecule has 1 atom stereocenters. The van der Waals surface area contributed by atoms with Gasteiger partial charge in [0.2, 0.25) is 21.9 Å². The molecule has 9 heteroatoms. The number of hydrogen-bond acceptors (Lipinski definition) is 5. The smallest absolute Gasteiger partial charge is 0.243 e. The molecule has 0 saturated carbocycles. The average Bonchev–Trinajstić information content (AvgIpc) is 3.21. The summed E-state index contributed by atoms with van der Waals surface area (Å²) in [4.78, 5) is 19.6. The molecule has 3 aromatic rings. The van der Waals surface area contributed by atoms with Gasteiger partial charge in [0, 0.05) is 37.2 Å². The lowest BCUT2D eigenvalue weighted by molar-refractivity contribution is -0.114. The third-order valence-electron chi connectivity index (χ3n) is 5.57. The van der Waals surface area contributed by atoms with Gasteiger partial charge < -0.3 is 9.72 Å². The molecule has 0 radical (unpaired) electrons. The van der Waals surface area contributed by atoms with Crippen LogP contribution in [-0.2, 0) is 21.2 Å². The minimum absolute atomic E-state index is 0.169. The summed E-state index contributed by atoms with van der Waals surface area (Å²) in [5.41, 5.74) is 2.24. The van der Waals surface area contributed by atoms with E-state index < -0.39 is 10.0 Å². The number of methoxy groups -OCH3 is 1. The first kappa shape index (κ1) is 25.5. The van der Waals surface area contributed by atoms with Crippen molar-refractivity contribution < 1.29 is 17.9 Å². The Labute approximate surface area is 201 Å². The Bertz CT molecular complexity index is 1190. The number of nitrogens with zero attached hydrogens (tertiary/aromatic N) is 2. The molecule has 1 unspecified atom stereocenters. The van der Waals surface area contributed by atoms with E-state index in [0.717, 1.165) is 29.8 Å². The number of anilines is 1. The highest BCUT2D eigenvalue weighted by molar-refractivity contribution is 7.89. The molecule has 182 valence electrons. The van der Waals surface area contributed by atoms with E-state index in [1.165, 1.54) is 6.92 Å². The van der Waals surface area contributed by atoms with Crippen LogP contribution in [0.2, 0.25) is 0 Å².